The largest absolute Gasteiger partial charge is 0.430 e. The molecule has 1 N–H and O–H groups in total. The first-order chi connectivity index (χ1) is 17.9. The van der Waals surface area contributed by atoms with Crippen molar-refractivity contribution in [3.8, 4) is 22.3 Å². The number of aromatic nitrogens is 2. The lowest BCUT2D eigenvalue weighted by Gasteiger charge is -2.32. The van der Waals surface area contributed by atoms with Gasteiger partial charge in [-0.15, -0.1) is 0 Å². The summed E-state index contributed by atoms with van der Waals surface area (Å²) in [7, 11) is -3.55. The second-order valence-electron chi connectivity index (χ2n) is 9.63. The van der Waals surface area contributed by atoms with Crippen LogP contribution in [0, 0.1) is 0 Å². The molecule has 0 unspecified atom stereocenters. The Kier molecular flexibility index (Phi) is 6.80. The third kappa shape index (κ3) is 4.87. The number of benzene rings is 2. The average molecular weight is 569 g/mol. The molecule has 2 aromatic carbocycles. The minimum absolute atomic E-state index is 0.105. The van der Waals surface area contributed by atoms with E-state index in [-0.39, 0.29) is 11.1 Å². The second kappa shape index (κ2) is 9.30. The summed E-state index contributed by atoms with van der Waals surface area (Å²) in [6.45, 7) is 3.11. The molecule has 0 amide bonds. The van der Waals surface area contributed by atoms with Crippen LogP contribution < -0.4 is 0 Å². The van der Waals surface area contributed by atoms with E-state index >= 15 is 0 Å². The number of sulfone groups is 1. The van der Waals surface area contributed by atoms with Crippen LogP contribution in [0.2, 0.25) is 0 Å². The normalized spacial score (nSPS) is 13.6. The van der Waals surface area contributed by atoms with E-state index in [1.54, 1.807) is 56.4 Å². The van der Waals surface area contributed by atoms with E-state index in [1.807, 2.05) is 0 Å². The summed E-state index contributed by atoms with van der Waals surface area (Å²) in [5.41, 5.74) is -4.52. The molecule has 0 radical (unpaired) electrons. The maximum Gasteiger partial charge on any atom is 0.430 e. The molecule has 0 bridgehead atoms. The van der Waals surface area contributed by atoms with Crippen LogP contribution in [0.3, 0.4) is 0 Å². The molecule has 206 valence electrons. The fourth-order valence-corrected chi connectivity index (χ4v) is 4.67. The molecule has 5 nitrogen and oxygen atoms in total. The first kappa shape index (κ1) is 28.5. The molecule has 0 atom stereocenters. The van der Waals surface area contributed by atoms with E-state index < -0.39 is 38.1 Å². The van der Waals surface area contributed by atoms with E-state index in [4.69, 9.17) is 0 Å². The maximum atomic E-state index is 13.4. The van der Waals surface area contributed by atoms with Gasteiger partial charge in [0, 0.05) is 46.9 Å². The summed E-state index contributed by atoms with van der Waals surface area (Å²) in [5.74, 6) is 0. The number of aliphatic hydroxyl groups is 1. The van der Waals surface area contributed by atoms with Gasteiger partial charge in [0.25, 0.3) is 5.60 Å². The fourth-order valence-electron chi connectivity index (χ4n) is 4.12. The number of hydrogen-bond acceptors (Lipinski definition) is 5. The number of nitrogens with zero attached hydrogens (tertiary/aromatic N) is 2. The molecular weight excluding hydrogens is 546 g/mol. The first-order valence-electron chi connectivity index (χ1n) is 11.4. The zero-order chi connectivity index (χ0) is 29.0. The van der Waals surface area contributed by atoms with Gasteiger partial charge in [-0.3, -0.25) is 9.97 Å². The molecule has 2 heterocycles. The van der Waals surface area contributed by atoms with Crippen molar-refractivity contribution < 1.29 is 39.9 Å². The molecule has 0 aliphatic rings. The first-order valence-corrected chi connectivity index (χ1v) is 13.3. The lowest BCUT2D eigenvalue weighted by atomic mass is 9.90. The molecule has 39 heavy (non-hydrogen) atoms. The second-order valence-corrected chi connectivity index (χ2v) is 12.2. The van der Waals surface area contributed by atoms with E-state index in [2.05, 4.69) is 9.97 Å². The molecule has 12 heteroatoms. The summed E-state index contributed by atoms with van der Waals surface area (Å²) < 4.78 is 104. The Morgan fingerprint density at radius 2 is 1.41 bits per heavy atom. The zero-order valence-corrected chi connectivity index (χ0v) is 21.6. The van der Waals surface area contributed by atoms with Crippen LogP contribution in [0.25, 0.3) is 33.2 Å². The minimum atomic E-state index is -6.05. The van der Waals surface area contributed by atoms with Gasteiger partial charge in [0.15, 0.2) is 9.84 Å². The molecule has 0 aliphatic carbocycles. The number of pyridine rings is 2. The van der Waals surface area contributed by atoms with Crippen LogP contribution in [0.5, 0.6) is 0 Å². The molecule has 4 aromatic rings. The third-order valence-corrected chi connectivity index (χ3v) is 8.90. The van der Waals surface area contributed by atoms with Crippen molar-refractivity contribution in [2.75, 3.05) is 6.26 Å². The maximum absolute atomic E-state index is 13.4. The molecule has 0 saturated carbocycles. The van der Waals surface area contributed by atoms with Crippen LogP contribution in [-0.4, -0.2) is 42.1 Å². The van der Waals surface area contributed by atoms with Crippen molar-refractivity contribution in [3.63, 3.8) is 0 Å². The Labute approximate surface area is 220 Å². The molecular formula is C27H22F6N2O3S. The van der Waals surface area contributed by atoms with Crippen molar-refractivity contribution in [1.29, 1.82) is 0 Å². The smallest absolute Gasteiger partial charge is 0.369 e. The minimum Gasteiger partial charge on any atom is -0.369 e. The van der Waals surface area contributed by atoms with Gasteiger partial charge >= 0.3 is 12.4 Å². The monoisotopic (exact) mass is 568 g/mol. The van der Waals surface area contributed by atoms with Gasteiger partial charge in [0.1, 0.15) is 0 Å². The molecule has 0 fully saturated rings. The quantitative estimate of drug-likeness (QED) is 0.276. The van der Waals surface area contributed by atoms with Gasteiger partial charge < -0.3 is 5.11 Å². The van der Waals surface area contributed by atoms with Gasteiger partial charge in [0.05, 0.1) is 10.3 Å². The van der Waals surface area contributed by atoms with Crippen LogP contribution in [-0.2, 0) is 20.2 Å². The summed E-state index contributed by atoms with van der Waals surface area (Å²) in [6.07, 6.45) is -8.04. The Bertz CT molecular complexity index is 1650. The molecule has 4 rings (SSSR count). The number of alkyl halides is 6. The Morgan fingerprint density at radius 3 is 2.03 bits per heavy atom. The molecule has 0 aliphatic heterocycles. The summed E-state index contributed by atoms with van der Waals surface area (Å²) in [6, 6.07) is 13.6. The average Bonchev–Trinajstić information content (AvgIpc) is 2.85. The molecule has 0 saturated heterocycles. The van der Waals surface area contributed by atoms with Gasteiger partial charge in [-0.1, -0.05) is 24.3 Å². The Morgan fingerprint density at radius 1 is 0.769 bits per heavy atom. The zero-order valence-electron chi connectivity index (χ0n) is 20.8. The topological polar surface area (TPSA) is 80.2 Å². The highest BCUT2D eigenvalue weighted by molar-refractivity contribution is 7.91. The highest BCUT2D eigenvalue weighted by Gasteiger charge is 2.71. The van der Waals surface area contributed by atoms with Gasteiger partial charge in [-0.25, -0.2) is 8.42 Å². The van der Waals surface area contributed by atoms with Gasteiger partial charge in [-0.05, 0) is 60.9 Å². The van der Waals surface area contributed by atoms with Crippen molar-refractivity contribution in [2.45, 2.75) is 36.5 Å². The van der Waals surface area contributed by atoms with Crippen LogP contribution >= 0.6 is 0 Å². The fraction of sp³-hybridized carbons (Fsp3) is 0.259. The molecule has 2 aromatic heterocycles. The van der Waals surface area contributed by atoms with E-state index in [0.717, 1.165) is 12.5 Å². The Hall–Kier alpha value is -3.51. The number of fused-ring (bicyclic) bond motifs is 1. The lowest BCUT2D eigenvalue weighted by Crippen LogP contribution is -2.54. The van der Waals surface area contributed by atoms with E-state index in [0.29, 0.717) is 39.9 Å². The number of hydrogen-bond donors (Lipinski definition) is 1. The predicted molar refractivity (Wildman–Crippen MR) is 134 cm³/mol. The van der Waals surface area contributed by atoms with Crippen molar-refractivity contribution in [3.05, 3.63) is 84.3 Å². The van der Waals surface area contributed by atoms with Crippen molar-refractivity contribution >= 4 is 20.7 Å². The highest BCUT2D eigenvalue weighted by Crippen LogP contribution is 2.50. The number of rotatable bonds is 5. The number of halogens is 6. The van der Waals surface area contributed by atoms with Gasteiger partial charge in [-0.2, -0.15) is 26.3 Å². The van der Waals surface area contributed by atoms with Crippen molar-refractivity contribution in [1.82, 2.24) is 9.97 Å². The Balaban J connectivity index is 1.91. The lowest BCUT2D eigenvalue weighted by molar-refractivity contribution is -0.376. The van der Waals surface area contributed by atoms with Crippen LogP contribution in [0.1, 0.15) is 25.0 Å². The SMILES string of the molecule is CC(C)(c1cc(-c2cccc(-c3cncc(C(O)(C(F)(F)F)C(F)(F)F)c3)c2)c2ncccc2c1)S(C)(=O)=O. The van der Waals surface area contributed by atoms with E-state index in [1.165, 1.54) is 12.1 Å². The highest BCUT2D eigenvalue weighted by atomic mass is 32.2. The van der Waals surface area contributed by atoms with Crippen molar-refractivity contribution in [2.24, 2.45) is 0 Å². The standard InChI is InChI=1S/C27H22F6N2O3S/c1-24(2,39(3,37)38)20-11-18-8-5-9-35-23(18)22(13-20)17-7-4-6-16(10-17)19-12-21(15-34-14-19)25(36,26(28,29)30)27(31,32)33/h4-15,36H,1-3H3. The molecule has 0 spiro atoms. The van der Waals surface area contributed by atoms with E-state index in [9.17, 15) is 39.9 Å². The third-order valence-electron chi connectivity index (χ3n) is 6.81. The van der Waals surface area contributed by atoms with Crippen LogP contribution in [0.15, 0.2) is 73.2 Å². The summed E-state index contributed by atoms with van der Waals surface area (Å²) in [5, 5.41) is 10.4. The van der Waals surface area contributed by atoms with Gasteiger partial charge in [0.2, 0.25) is 0 Å². The summed E-state index contributed by atoms with van der Waals surface area (Å²) >= 11 is 0. The predicted octanol–water partition coefficient (Wildman–Crippen LogP) is 6.56. The van der Waals surface area contributed by atoms with Crippen LogP contribution in [0.4, 0.5) is 26.3 Å². The summed E-state index contributed by atoms with van der Waals surface area (Å²) in [4.78, 5) is 7.94.